The van der Waals surface area contributed by atoms with Crippen LogP contribution in [0.4, 0.5) is 0 Å². The Kier molecular flexibility index (Phi) is 4.18. The van der Waals surface area contributed by atoms with E-state index in [9.17, 15) is 4.79 Å². The van der Waals surface area contributed by atoms with Gasteiger partial charge in [0.15, 0.2) is 0 Å². The summed E-state index contributed by atoms with van der Waals surface area (Å²) in [6, 6.07) is 0. The highest BCUT2D eigenvalue weighted by molar-refractivity contribution is 5.66. The second kappa shape index (κ2) is 5.18. The molecule has 14 heavy (non-hydrogen) atoms. The van der Waals surface area contributed by atoms with Gasteiger partial charge in [-0.25, -0.2) is 0 Å². The van der Waals surface area contributed by atoms with E-state index in [0.29, 0.717) is 0 Å². The van der Waals surface area contributed by atoms with Gasteiger partial charge in [0.25, 0.3) is 0 Å². The lowest BCUT2D eigenvalue weighted by molar-refractivity contribution is -0.161. The molecule has 0 atom stereocenters. The summed E-state index contributed by atoms with van der Waals surface area (Å²) >= 11 is 0. The molecule has 1 rings (SSSR count). The molecule has 1 aliphatic rings. The Morgan fingerprint density at radius 3 is 2.57 bits per heavy atom. The molecule has 0 aromatic heterocycles. The molecule has 0 radical (unpaired) electrons. The van der Waals surface area contributed by atoms with Gasteiger partial charge in [0, 0.05) is 6.92 Å². The van der Waals surface area contributed by atoms with Crippen molar-refractivity contribution in [3.8, 4) is 0 Å². The van der Waals surface area contributed by atoms with Crippen LogP contribution in [0.15, 0.2) is 12.7 Å². The monoisotopic (exact) mass is 196 g/mol. The van der Waals surface area contributed by atoms with Crippen LogP contribution in [0.3, 0.4) is 0 Å². The third-order valence-corrected chi connectivity index (χ3v) is 2.93. The molecule has 0 heterocycles. The molecule has 0 aromatic carbocycles. The summed E-state index contributed by atoms with van der Waals surface area (Å²) in [7, 11) is 0. The van der Waals surface area contributed by atoms with Crippen molar-refractivity contribution in [2.24, 2.45) is 0 Å². The molecule has 0 aliphatic heterocycles. The Balaban J connectivity index is 2.56. The summed E-state index contributed by atoms with van der Waals surface area (Å²) in [6.45, 7) is 5.22. The predicted octanol–water partition coefficient (Wildman–Crippen LogP) is 3.22. The molecule has 1 saturated carbocycles. The maximum absolute atomic E-state index is 11.0. The number of carbonyl (C=O) groups excluding carboxylic acids is 1. The minimum atomic E-state index is -0.168. The van der Waals surface area contributed by atoms with Crippen LogP contribution in [-0.2, 0) is 9.53 Å². The Morgan fingerprint density at radius 2 is 2.07 bits per heavy atom. The van der Waals surface area contributed by atoms with Crippen LogP contribution in [0.1, 0.15) is 51.9 Å². The molecular weight excluding hydrogens is 176 g/mol. The molecule has 0 aromatic rings. The number of hydrogen-bond donors (Lipinski definition) is 0. The number of ether oxygens (including phenoxy) is 1. The molecule has 0 spiro atoms. The molecule has 0 amide bonds. The Labute approximate surface area is 86.3 Å². The molecule has 80 valence electrons. The molecule has 2 nitrogen and oxygen atoms in total. The van der Waals surface area contributed by atoms with Gasteiger partial charge in [-0.05, 0) is 38.5 Å². The van der Waals surface area contributed by atoms with Crippen molar-refractivity contribution in [3.63, 3.8) is 0 Å². The van der Waals surface area contributed by atoms with Gasteiger partial charge in [0.05, 0.1) is 0 Å². The standard InChI is InChI=1S/C12H20O2/c1-3-4-8-12(14-11(2)13)9-6-5-7-10-12/h3H,1,4-10H2,2H3. The zero-order valence-corrected chi connectivity index (χ0v) is 9.05. The van der Waals surface area contributed by atoms with E-state index < -0.39 is 0 Å². The lowest BCUT2D eigenvalue weighted by atomic mass is 9.81. The van der Waals surface area contributed by atoms with Crippen molar-refractivity contribution in [2.75, 3.05) is 0 Å². The van der Waals surface area contributed by atoms with Gasteiger partial charge in [-0.15, -0.1) is 6.58 Å². The van der Waals surface area contributed by atoms with Crippen molar-refractivity contribution in [2.45, 2.75) is 57.5 Å². The SMILES string of the molecule is C=CCCC1(OC(C)=O)CCCCC1. The molecular formula is C12H20O2. The first-order valence-corrected chi connectivity index (χ1v) is 5.49. The van der Waals surface area contributed by atoms with Crippen LogP contribution in [0.25, 0.3) is 0 Å². The first kappa shape index (κ1) is 11.3. The molecule has 0 unspecified atom stereocenters. The molecule has 1 fully saturated rings. The van der Waals surface area contributed by atoms with E-state index in [4.69, 9.17) is 4.74 Å². The van der Waals surface area contributed by atoms with E-state index in [2.05, 4.69) is 6.58 Å². The van der Waals surface area contributed by atoms with Crippen molar-refractivity contribution in [1.82, 2.24) is 0 Å². The molecule has 0 N–H and O–H groups in total. The summed E-state index contributed by atoms with van der Waals surface area (Å²) in [4.78, 5) is 11.0. The highest BCUT2D eigenvalue weighted by Crippen LogP contribution is 2.35. The first-order chi connectivity index (χ1) is 6.68. The van der Waals surface area contributed by atoms with Gasteiger partial charge in [-0.1, -0.05) is 12.5 Å². The number of allylic oxidation sites excluding steroid dienone is 1. The van der Waals surface area contributed by atoms with Gasteiger partial charge < -0.3 is 4.74 Å². The van der Waals surface area contributed by atoms with E-state index >= 15 is 0 Å². The summed E-state index contributed by atoms with van der Waals surface area (Å²) in [5.41, 5.74) is -0.168. The average molecular weight is 196 g/mol. The second-order valence-corrected chi connectivity index (χ2v) is 4.16. The second-order valence-electron chi connectivity index (χ2n) is 4.16. The molecule has 2 heteroatoms. The first-order valence-electron chi connectivity index (χ1n) is 5.49. The number of esters is 1. The Hall–Kier alpha value is -0.790. The third kappa shape index (κ3) is 3.17. The number of rotatable bonds is 4. The molecule has 0 bridgehead atoms. The summed E-state index contributed by atoms with van der Waals surface area (Å²) < 4.78 is 5.49. The van der Waals surface area contributed by atoms with Gasteiger partial charge in [0.1, 0.15) is 5.60 Å². The topological polar surface area (TPSA) is 26.3 Å². The van der Waals surface area contributed by atoms with Crippen LogP contribution in [0, 0.1) is 0 Å². The largest absolute Gasteiger partial charge is 0.459 e. The Bertz CT molecular complexity index is 202. The van der Waals surface area contributed by atoms with Crippen LogP contribution < -0.4 is 0 Å². The highest BCUT2D eigenvalue weighted by Gasteiger charge is 2.34. The van der Waals surface area contributed by atoms with Crippen LogP contribution in [0.5, 0.6) is 0 Å². The van der Waals surface area contributed by atoms with Gasteiger partial charge in [-0.2, -0.15) is 0 Å². The minimum absolute atomic E-state index is 0.143. The summed E-state index contributed by atoms with van der Waals surface area (Å²) in [5.74, 6) is -0.143. The minimum Gasteiger partial charge on any atom is -0.459 e. The van der Waals surface area contributed by atoms with Crippen molar-refractivity contribution in [1.29, 1.82) is 0 Å². The van der Waals surface area contributed by atoms with Crippen LogP contribution in [0.2, 0.25) is 0 Å². The van der Waals surface area contributed by atoms with E-state index in [1.54, 1.807) is 0 Å². The fourth-order valence-electron chi connectivity index (χ4n) is 2.27. The zero-order chi connectivity index (χ0) is 10.4. The average Bonchev–Trinajstić information content (AvgIpc) is 2.15. The zero-order valence-electron chi connectivity index (χ0n) is 9.05. The van der Waals surface area contributed by atoms with Crippen molar-refractivity contribution >= 4 is 5.97 Å². The molecule has 0 saturated heterocycles. The van der Waals surface area contributed by atoms with Gasteiger partial charge in [-0.3, -0.25) is 4.79 Å². The maximum atomic E-state index is 11.0. The van der Waals surface area contributed by atoms with Crippen LogP contribution in [-0.4, -0.2) is 11.6 Å². The lowest BCUT2D eigenvalue weighted by Crippen LogP contribution is -2.36. The van der Waals surface area contributed by atoms with Gasteiger partial charge >= 0.3 is 5.97 Å². The Morgan fingerprint density at radius 1 is 1.43 bits per heavy atom. The van der Waals surface area contributed by atoms with E-state index in [1.165, 1.54) is 26.2 Å². The number of carbonyl (C=O) groups is 1. The smallest absolute Gasteiger partial charge is 0.303 e. The van der Waals surface area contributed by atoms with Crippen molar-refractivity contribution in [3.05, 3.63) is 12.7 Å². The van der Waals surface area contributed by atoms with Gasteiger partial charge in [0.2, 0.25) is 0 Å². The van der Waals surface area contributed by atoms with E-state index in [-0.39, 0.29) is 11.6 Å². The van der Waals surface area contributed by atoms with Crippen molar-refractivity contribution < 1.29 is 9.53 Å². The summed E-state index contributed by atoms with van der Waals surface area (Å²) in [5, 5.41) is 0. The third-order valence-electron chi connectivity index (χ3n) is 2.93. The molecule has 1 aliphatic carbocycles. The normalized spacial score (nSPS) is 20.1. The van der Waals surface area contributed by atoms with Crippen LogP contribution >= 0.6 is 0 Å². The van der Waals surface area contributed by atoms with E-state index in [1.807, 2.05) is 6.08 Å². The predicted molar refractivity (Wildman–Crippen MR) is 57.0 cm³/mol. The lowest BCUT2D eigenvalue weighted by Gasteiger charge is -2.36. The summed E-state index contributed by atoms with van der Waals surface area (Å²) in [6.07, 6.45) is 9.48. The fraction of sp³-hybridized carbons (Fsp3) is 0.750. The quantitative estimate of drug-likeness (QED) is 0.509. The highest BCUT2D eigenvalue weighted by atomic mass is 16.6. The number of hydrogen-bond acceptors (Lipinski definition) is 2. The maximum Gasteiger partial charge on any atom is 0.303 e. The fourth-order valence-corrected chi connectivity index (χ4v) is 2.27. The van der Waals surface area contributed by atoms with E-state index in [0.717, 1.165) is 25.7 Å².